The van der Waals surface area contributed by atoms with Gasteiger partial charge < -0.3 is 5.32 Å². The lowest BCUT2D eigenvalue weighted by Crippen LogP contribution is -2.36. The number of hydrogen-bond acceptors (Lipinski definition) is 6. The molecular weight excluding hydrogens is 496 g/mol. The molecule has 0 unspecified atom stereocenters. The average Bonchev–Trinajstić information content (AvgIpc) is 3.49. The summed E-state index contributed by atoms with van der Waals surface area (Å²) in [4.78, 5) is 13.0. The molecule has 0 radical (unpaired) electrons. The molecule has 0 atom stereocenters. The Kier molecular flexibility index (Phi) is 7.99. The van der Waals surface area contributed by atoms with Gasteiger partial charge in [-0.15, -0.1) is 0 Å². The molecule has 0 amide bonds. The highest BCUT2D eigenvalue weighted by molar-refractivity contribution is 5.95. The highest BCUT2D eigenvalue weighted by Gasteiger charge is 2.37. The lowest BCUT2D eigenvalue weighted by atomic mass is 10.0. The van der Waals surface area contributed by atoms with Crippen LogP contribution in [0.1, 0.15) is 43.6 Å². The van der Waals surface area contributed by atoms with Gasteiger partial charge in [0.1, 0.15) is 5.69 Å². The van der Waals surface area contributed by atoms with Crippen molar-refractivity contribution in [1.29, 1.82) is 0 Å². The quantitative estimate of drug-likeness (QED) is 0.283. The molecule has 6 rings (SSSR count). The molecule has 1 aromatic carbocycles. The summed E-state index contributed by atoms with van der Waals surface area (Å²) in [5.74, 6) is -2.60. The highest BCUT2D eigenvalue weighted by atomic mass is 19.3. The first-order valence-electron chi connectivity index (χ1n) is 13.6. The molecule has 9 heteroatoms. The van der Waals surface area contributed by atoms with Crippen LogP contribution in [-0.2, 0) is 13.1 Å². The van der Waals surface area contributed by atoms with E-state index in [-0.39, 0.29) is 13.0 Å². The molecule has 4 aromatic rings. The first kappa shape index (κ1) is 26.9. The normalized spacial score (nSPS) is 16.9. The summed E-state index contributed by atoms with van der Waals surface area (Å²) >= 11 is 0. The maximum absolute atomic E-state index is 13.6. The van der Waals surface area contributed by atoms with Gasteiger partial charge >= 0.3 is 0 Å². The highest BCUT2D eigenvalue weighted by Crippen LogP contribution is 2.31. The molecule has 0 bridgehead atoms. The largest absolute Gasteiger partial charge is 0.354 e. The Morgan fingerprint density at radius 2 is 1.87 bits per heavy atom. The minimum absolute atomic E-state index is 0.0861. The van der Waals surface area contributed by atoms with Crippen LogP contribution in [0, 0.1) is 0 Å². The van der Waals surface area contributed by atoms with Gasteiger partial charge in [-0.2, -0.15) is 5.10 Å². The van der Waals surface area contributed by atoms with E-state index < -0.39 is 5.92 Å². The standard InChI is InChI=1S/C28H29F2N7.C2H6/c1-19(33-23-5-7-32-24(13-23)17-36-8-2-9-36)27-25-12-21(3-4-26(25)34-35-27)22-11-20(14-31-15-22)16-37-10-6-28(29,30)18-37;1-2/h3-5,7,11-15H,1-2,6,8-10,16-18H2,(H,32,33)(H,34,35);1-2H3. The van der Waals surface area contributed by atoms with E-state index in [4.69, 9.17) is 0 Å². The van der Waals surface area contributed by atoms with Gasteiger partial charge in [0.25, 0.3) is 5.92 Å². The molecule has 2 aliphatic rings. The number of hydrogen-bond donors (Lipinski definition) is 2. The molecule has 2 fully saturated rings. The van der Waals surface area contributed by atoms with E-state index in [0.717, 1.165) is 64.3 Å². The zero-order valence-electron chi connectivity index (χ0n) is 22.6. The second-order valence-corrected chi connectivity index (χ2v) is 10.0. The summed E-state index contributed by atoms with van der Waals surface area (Å²) in [7, 11) is 0. The molecule has 5 heterocycles. The Morgan fingerprint density at radius 1 is 1.03 bits per heavy atom. The summed E-state index contributed by atoms with van der Waals surface area (Å²) in [6.07, 6.45) is 6.53. The van der Waals surface area contributed by atoms with Crippen LogP contribution in [-0.4, -0.2) is 62.1 Å². The van der Waals surface area contributed by atoms with Crippen LogP contribution in [0.4, 0.5) is 14.5 Å². The molecule has 2 N–H and O–H groups in total. The lowest BCUT2D eigenvalue weighted by Gasteiger charge is -2.30. The van der Waals surface area contributed by atoms with Crippen LogP contribution in [0.2, 0.25) is 0 Å². The van der Waals surface area contributed by atoms with Crippen LogP contribution in [0.15, 0.2) is 61.6 Å². The Morgan fingerprint density at radius 3 is 2.62 bits per heavy atom. The molecule has 2 aliphatic heterocycles. The first-order chi connectivity index (χ1) is 18.9. The number of pyridine rings is 2. The zero-order chi connectivity index (χ0) is 27.4. The van der Waals surface area contributed by atoms with E-state index in [9.17, 15) is 8.78 Å². The topological polar surface area (TPSA) is 73.0 Å². The number of aromatic amines is 1. The minimum atomic E-state index is -2.60. The third kappa shape index (κ3) is 6.32. The molecule has 7 nitrogen and oxygen atoms in total. The van der Waals surface area contributed by atoms with E-state index in [0.29, 0.717) is 18.8 Å². The average molecular weight is 532 g/mol. The van der Waals surface area contributed by atoms with Crippen molar-refractivity contribution in [2.75, 3.05) is 31.5 Å². The van der Waals surface area contributed by atoms with Gasteiger partial charge in [-0.25, -0.2) is 8.78 Å². The number of halogens is 2. The second-order valence-electron chi connectivity index (χ2n) is 10.0. The maximum Gasteiger partial charge on any atom is 0.261 e. The third-order valence-electron chi connectivity index (χ3n) is 7.08. The summed E-state index contributed by atoms with van der Waals surface area (Å²) in [5, 5.41) is 11.9. The number of aromatic nitrogens is 4. The molecule has 204 valence electrons. The Bertz CT molecular complexity index is 1440. The van der Waals surface area contributed by atoms with E-state index in [1.54, 1.807) is 17.3 Å². The van der Waals surface area contributed by atoms with Crippen LogP contribution in [0.25, 0.3) is 27.7 Å². The van der Waals surface area contributed by atoms with Gasteiger partial charge in [0.05, 0.1) is 23.5 Å². The molecule has 3 aromatic heterocycles. The predicted octanol–water partition coefficient (Wildman–Crippen LogP) is 6.18. The van der Waals surface area contributed by atoms with E-state index >= 15 is 0 Å². The predicted molar refractivity (Wildman–Crippen MR) is 152 cm³/mol. The molecule has 0 spiro atoms. The van der Waals surface area contributed by atoms with Crippen molar-refractivity contribution in [2.45, 2.75) is 45.7 Å². The van der Waals surface area contributed by atoms with Crippen LogP contribution >= 0.6 is 0 Å². The van der Waals surface area contributed by atoms with E-state index in [2.05, 4.69) is 49.1 Å². The summed E-state index contributed by atoms with van der Waals surface area (Å²) < 4.78 is 27.2. The van der Waals surface area contributed by atoms with Crippen molar-refractivity contribution in [3.63, 3.8) is 0 Å². The minimum Gasteiger partial charge on any atom is -0.354 e. The fourth-order valence-corrected chi connectivity index (χ4v) is 5.00. The summed E-state index contributed by atoms with van der Waals surface area (Å²) in [6, 6.07) is 12.1. The van der Waals surface area contributed by atoms with E-state index in [1.165, 1.54) is 6.42 Å². The fourth-order valence-electron chi connectivity index (χ4n) is 5.00. The van der Waals surface area contributed by atoms with Crippen molar-refractivity contribution in [3.8, 4) is 11.1 Å². The number of fused-ring (bicyclic) bond motifs is 1. The lowest BCUT2D eigenvalue weighted by molar-refractivity contribution is 0.0115. The first-order valence-corrected chi connectivity index (χ1v) is 13.6. The smallest absolute Gasteiger partial charge is 0.261 e. The maximum atomic E-state index is 13.6. The Hall–Kier alpha value is -3.69. The van der Waals surface area contributed by atoms with Gasteiger partial charge in [-0.1, -0.05) is 26.5 Å². The fraction of sp³-hybridized carbons (Fsp3) is 0.367. The monoisotopic (exact) mass is 531 g/mol. The van der Waals surface area contributed by atoms with Crippen molar-refractivity contribution in [3.05, 3.63) is 78.5 Å². The summed E-state index contributed by atoms with van der Waals surface area (Å²) in [5.41, 5.74) is 7.10. The van der Waals surface area contributed by atoms with Crippen molar-refractivity contribution in [2.24, 2.45) is 0 Å². The number of nitrogens with zero attached hydrogens (tertiary/aromatic N) is 5. The number of H-pyrrole nitrogens is 1. The van der Waals surface area contributed by atoms with Gasteiger partial charge in [0.2, 0.25) is 0 Å². The van der Waals surface area contributed by atoms with E-state index in [1.807, 2.05) is 44.3 Å². The van der Waals surface area contributed by atoms with Crippen LogP contribution in [0.3, 0.4) is 0 Å². The van der Waals surface area contributed by atoms with Gasteiger partial charge in [0.15, 0.2) is 0 Å². The van der Waals surface area contributed by atoms with Crippen LogP contribution < -0.4 is 5.32 Å². The van der Waals surface area contributed by atoms with Crippen molar-refractivity contribution >= 4 is 22.3 Å². The van der Waals surface area contributed by atoms with Gasteiger partial charge in [-0.05, 0) is 61.0 Å². The number of rotatable bonds is 8. The molecular formula is C30H35F2N7. The second kappa shape index (κ2) is 11.6. The molecule has 39 heavy (non-hydrogen) atoms. The van der Waals surface area contributed by atoms with Gasteiger partial charge in [0, 0.05) is 61.3 Å². The number of likely N-dealkylation sites (tertiary alicyclic amines) is 2. The molecule has 2 saturated heterocycles. The Labute approximate surface area is 228 Å². The number of benzene rings is 1. The molecule has 0 saturated carbocycles. The van der Waals surface area contributed by atoms with Crippen molar-refractivity contribution in [1.82, 2.24) is 30.0 Å². The number of anilines is 1. The molecule has 0 aliphatic carbocycles. The summed E-state index contributed by atoms with van der Waals surface area (Å²) in [6.45, 7) is 12.0. The zero-order valence-corrected chi connectivity index (χ0v) is 22.6. The Balaban J connectivity index is 0.00000151. The van der Waals surface area contributed by atoms with Crippen LogP contribution in [0.5, 0.6) is 0 Å². The van der Waals surface area contributed by atoms with Gasteiger partial charge in [-0.3, -0.25) is 24.9 Å². The van der Waals surface area contributed by atoms with Crippen molar-refractivity contribution < 1.29 is 8.78 Å². The number of alkyl halides is 2. The third-order valence-corrected chi connectivity index (χ3v) is 7.08. The SMILES string of the molecule is C=C(Nc1ccnc(CN2CCC2)c1)c1n[nH]c2ccc(-c3cncc(CN4CCC(F)(F)C4)c3)cc12.CC. The number of nitrogens with one attached hydrogen (secondary N) is 2.